The summed E-state index contributed by atoms with van der Waals surface area (Å²) in [5, 5.41) is 2.90. The van der Waals surface area contributed by atoms with E-state index in [9.17, 15) is 9.59 Å². The molecule has 2 atom stereocenters. The number of hydrogen-bond acceptors (Lipinski definition) is 3. The Morgan fingerprint density at radius 3 is 2.55 bits per heavy atom. The Bertz CT molecular complexity index is 355. The normalized spacial score (nSPS) is 26.2. The Morgan fingerprint density at radius 1 is 1.20 bits per heavy atom. The van der Waals surface area contributed by atoms with Gasteiger partial charge in [-0.05, 0) is 31.6 Å². The minimum Gasteiger partial charge on any atom is -0.450 e. The van der Waals surface area contributed by atoms with E-state index in [0.29, 0.717) is 25.5 Å². The number of amides is 2. The molecule has 2 fully saturated rings. The van der Waals surface area contributed by atoms with Gasteiger partial charge in [-0.15, -0.1) is 0 Å². The fourth-order valence-corrected chi connectivity index (χ4v) is 3.07. The smallest absolute Gasteiger partial charge is 0.407 e. The van der Waals surface area contributed by atoms with E-state index in [1.807, 2.05) is 11.8 Å². The first-order valence-electron chi connectivity index (χ1n) is 7.83. The Labute approximate surface area is 121 Å². The number of carbonyl (C=O) groups excluding carboxylic acids is 2. The third-order valence-electron chi connectivity index (χ3n) is 4.15. The summed E-state index contributed by atoms with van der Waals surface area (Å²) < 4.78 is 4.94. The van der Waals surface area contributed by atoms with Crippen molar-refractivity contribution in [2.75, 3.05) is 19.7 Å². The molecule has 1 N–H and O–H groups in total. The molecule has 1 aliphatic heterocycles. The van der Waals surface area contributed by atoms with E-state index in [1.165, 1.54) is 19.3 Å². The standard InChI is InChI=1S/C15H26N2O3/c1-3-14(18)17-9-12(7-11-5-6-11)8-13(10-17)16-15(19)20-4-2/h11-13H,3-10H2,1-2H3,(H,16,19). The van der Waals surface area contributed by atoms with Gasteiger partial charge in [0.05, 0.1) is 12.6 Å². The number of rotatable bonds is 5. The highest BCUT2D eigenvalue weighted by Gasteiger charge is 2.34. The van der Waals surface area contributed by atoms with Crippen LogP contribution in [0.4, 0.5) is 4.79 Å². The van der Waals surface area contributed by atoms with Crippen LogP contribution in [0.3, 0.4) is 0 Å². The van der Waals surface area contributed by atoms with Crippen LogP contribution in [-0.4, -0.2) is 42.6 Å². The average Bonchev–Trinajstić information content (AvgIpc) is 3.21. The Morgan fingerprint density at radius 2 is 1.95 bits per heavy atom. The van der Waals surface area contributed by atoms with Crippen LogP contribution in [0.25, 0.3) is 0 Å². The molecular formula is C15H26N2O3. The number of likely N-dealkylation sites (tertiary alicyclic amines) is 1. The van der Waals surface area contributed by atoms with Crippen LogP contribution in [0, 0.1) is 11.8 Å². The van der Waals surface area contributed by atoms with E-state index in [1.54, 1.807) is 6.92 Å². The second-order valence-electron chi connectivity index (χ2n) is 5.99. The van der Waals surface area contributed by atoms with Crippen LogP contribution >= 0.6 is 0 Å². The first-order chi connectivity index (χ1) is 9.62. The van der Waals surface area contributed by atoms with Crippen LogP contribution in [0.2, 0.25) is 0 Å². The molecular weight excluding hydrogens is 256 g/mol. The summed E-state index contributed by atoms with van der Waals surface area (Å²) in [6.07, 6.45) is 4.97. The highest BCUT2D eigenvalue weighted by atomic mass is 16.5. The lowest BCUT2D eigenvalue weighted by molar-refractivity contribution is -0.133. The van der Waals surface area contributed by atoms with Gasteiger partial charge >= 0.3 is 6.09 Å². The van der Waals surface area contributed by atoms with Crippen LogP contribution < -0.4 is 5.32 Å². The topological polar surface area (TPSA) is 58.6 Å². The van der Waals surface area contributed by atoms with Gasteiger partial charge in [-0.2, -0.15) is 0 Å². The van der Waals surface area contributed by atoms with Crippen molar-refractivity contribution in [1.29, 1.82) is 0 Å². The fourth-order valence-electron chi connectivity index (χ4n) is 3.07. The summed E-state index contributed by atoms with van der Waals surface area (Å²) in [5.41, 5.74) is 0. The lowest BCUT2D eigenvalue weighted by Gasteiger charge is -2.38. The Balaban J connectivity index is 1.91. The van der Waals surface area contributed by atoms with Crippen molar-refractivity contribution < 1.29 is 14.3 Å². The highest BCUT2D eigenvalue weighted by Crippen LogP contribution is 2.37. The lowest BCUT2D eigenvalue weighted by Crippen LogP contribution is -2.52. The molecule has 114 valence electrons. The van der Waals surface area contributed by atoms with E-state index >= 15 is 0 Å². The van der Waals surface area contributed by atoms with Crippen molar-refractivity contribution in [3.8, 4) is 0 Å². The molecule has 2 aliphatic rings. The largest absolute Gasteiger partial charge is 0.450 e. The Hall–Kier alpha value is -1.26. The predicted octanol–water partition coefficient (Wildman–Crippen LogP) is 2.16. The zero-order chi connectivity index (χ0) is 14.5. The maximum atomic E-state index is 12.0. The molecule has 2 amide bonds. The summed E-state index contributed by atoms with van der Waals surface area (Å²) in [7, 11) is 0. The van der Waals surface area contributed by atoms with Crippen LogP contribution in [0.1, 0.15) is 46.0 Å². The van der Waals surface area contributed by atoms with E-state index < -0.39 is 0 Å². The van der Waals surface area contributed by atoms with E-state index in [2.05, 4.69) is 5.32 Å². The molecule has 1 saturated carbocycles. The minimum atomic E-state index is -0.367. The molecule has 20 heavy (non-hydrogen) atoms. The molecule has 1 heterocycles. The van der Waals surface area contributed by atoms with Gasteiger partial charge in [0.2, 0.25) is 5.91 Å². The van der Waals surface area contributed by atoms with E-state index in [-0.39, 0.29) is 18.0 Å². The average molecular weight is 282 g/mol. The fraction of sp³-hybridized carbons (Fsp3) is 0.867. The van der Waals surface area contributed by atoms with Gasteiger partial charge in [0.15, 0.2) is 0 Å². The lowest BCUT2D eigenvalue weighted by atomic mass is 9.89. The molecule has 5 nitrogen and oxygen atoms in total. The molecule has 0 aromatic rings. The molecule has 2 unspecified atom stereocenters. The molecule has 5 heteroatoms. The first kappa shape index (κ1) is 15.1. The molecule has 0 aromatic carbocycles. The number of hydrogen-bond donors (Lipinski definition) is 1. The number of carbonyl (C=O) groups is 2. The molecule has 0 bridgehead atoms. The third-order valence-corrected chi connectivity index (χ3v) is 4.15. The van der Waals surface area contributed by atoms with Crippen molar-refractivity contribution in [3.63, 3.8) is 0 Å². The number of nitrogens with one attached hydrogen (secondary N) is 1. The number of nitrogens with zero attached hydrogens (tertiary/aromatic N) is 1. The minimum absolute atomic E-state index is 0.0297. The number of piperidine rings is 1. The van der Waals surface area contributed by atoms with Crippen LogP contribution in [0.15, 0.2) is 0 Å². The molecule has 2 rings (SSSR count). The van der Waals surface area contributed by atoms with Gasteiger partial charge in [0, 0.05) is 19.5 Å². The van der Waals surface area contributed by atoms with Gasteiger partial charge in [0.25, 0.3) is 0 Å². The highest BCUT2D eigenvalue weighted by molar-refractivity contribution is 5.76. The van der Waals surface area contributed by atoms with E-state index in [0.717, 1.165) is 18.9 Å². The second-order valence-corrected chi connectivity index (χ2v) is 5.99. The summed E-state index contributed by atoms with van der Waals surface area (Å²) >= 11 is 0. The van der Waals surface area contributed by atoms with Gasteiger partial charge in [-0.25, -0.2) is 4.79 Å². The van der Waals surface area contributed by atoms with Gasteiger partial charge < -0.3 is 15.0 Å². The van der Waals surface area contributed by atoms with Gasteiger partial charge in [-0.3, -0.25) is 4.79 Å². The summed E-state index contributed by atoms with van der Waals surface area (Å²) in [5.74, 6) is 1.54. The van der Waals surface area contributed by atoms with Crippen molar-refractivity contribution >= 4 is 12.0 Å². The quantitative estimate of drug-likeness (QED) is 0.840. The Kier molecular flexibility index (Phi) is 5.26. The third kappa shape index (κ3) is 4.39. The second kappa shape index (κ2) is 6.95. The zero-order valence-corrected chi connectivity index (χ0v) is 12.6. The van der Waals surface area contributed by atoms with Crippen molar-refractivity contribution in [3.05, 3.63) is 0 Å². The predicted molar refractivity (Wildman–Crippen MR) is 76.3 cm³/mol. The number of ether oxygens (including phenoxy) is 1. The zero-order valence-electron chi connectivity index (χ0n) is 12.6. The van der Waals surface area contributed by atoms with Gasteiger partial charge in [-0.1, -0.05) is 19.8 Å². The first-order valence-corrected chi connectivity index (χ1v) is 7.83. The van der Waals surface area contributed by atoms with Gasteiger partial charge in [0.1, 0.15) is 0 Å². The summed E-state index contributed by atoms with van der Waals surface area (Å²) in [4.78, 5) is 25.4. The van der Waals surface area contributed by atoms with Crippen molar-refractivity contribution in [1.82, 2.24) is 10.2 Å². The molecule has 1 saturated heterocycles. The molecule has 0 radical (unpaired) electrons. The SMILES string of the molecule is CCOC(=O)NC1CC(CC2CC2)CN(C(=O)CC)C1. The summed E-state index contributed by atoms with van der Waals surface area (Å²) in [6, 6.07) is 0.0297. The molecule has 1 aliphatic carbocycles. The maximum absolute atomic E-state index is 12.0. The van der Waals surface area contributed by atoms with Crippen LogP contribution in [0.5, 0.6) is 0 Å². The van der Waals surface area contributed by atoms with Crippen LogP contribution in [-0.2, 0) is 9.53 Å². The molecule has 0 aromatic heterocycles. The van der Waals surface area contributed by atoms with Crippen molar-refractivity contribution in [2.45, 2.75) is 52.0 Å². The summed E-state index contributed by atoms with van der Waals surface area (Å²) in [6.45, 7) is 5.53. The number of alkyl carbamates (subject to hydrolysis) is 1. The van der Waals surface area contributed by atoms with E-state index in [4.69, 9.17) is 4.74 Å². The maximum Gasteiger partial charge on any atom is 0.407 e. The monoisotopic (exact) mass is 282 g/mol. The molecule has 0 spiro atoms. The van der Waals surface area contributed by atoms with Crippen molar-refractivity contribution in [2.24, 2.45) is 11.8 Å².